The van der Waals surface area contributed by atoms with E-state index in [9.17, 15) is 0 Å². The standard InChI is InChI=1S/C33H52/c1-19(2)25-15-17-27(31(23(9)10)29(25)21(5)6)33(13,14)28-18-16-26(20(3)4)30(22(7)8)32(28)24(11)12/h15-24H,1-14H3. The SMILES string of the molecule is CC(C)c1ccc(C(C)(C)c2ccc(C(C)C)c(C(C)C)c2C(C)C)c(C(C)C)c1C(C)C. The monoisotopic (exact) mass is 448 g/mol. The molecule has 0 aliphatic rings. The predicted octanol–water partition coefficient (Wildman–Crippen LogP) is 10.8. The second-order valence-corrected chi connectivity index (χ2v) is 12.6. The third-order valence-corrected chi connectivity index (χ3v) is 7.54. The zero-order valence-electron chi connectivity index (χ0n) is 24.3. The van der Waals surface area contributed by atoms with Crippen LogP contribution in [0, 0.1) is 0 Å². The Kier molecular flexibility index (Phi) is 8.70. The van der Waals surface area contributed by atoms with Crippen molar-refractivity contribution in [3.63, 3.8) is 0 Å². The van der Waals surface area contributed by atoms with Gasteiger partial charge < -0.3 is 0 Å². The topological polar surface area (TPSA) is 0 Å². The number of hydrogen-bond acceptors (Lipinski definition) is 0. The molecular weight excluding hydrogens is 396 g/mol. The molecular formula is C33H52. The van der Waals surface area contributed by atoms with E-state index in [0.29, 0.717) is 35.5 Å². The summed E-state index contributed by atoms with van der Waals surface area (Å²) in [6.45, 7) is 33.3. The molecule has 0 aromatic heterocycles. The van der Waals surface area contributed by atoms with E-state index in [-0.39, 0.29) is 5.41 Å². The van der Waals surface area contributed by atoms with Crippen molar-refractivity contribution in [2.45, 2.75) is 138 Å². The molecule has 2 aromatic rings. The molecule has 0 atom stereocenters. The van der Waals surface area contributed by atoms with Crippen molar-refractivity contribution in [2.75, 3.05) is 0 Å². The Morgan fingerprint density at radius 2 is 0.667 bits per heavy atom. The lowest BCUT2D eigenvalue weighted by atomic mass is 9.67. The molecule has 33 heavy (non-hydrogen) atoms. The lowest BCUT2D eigenvalue weighted by Crippen LogP contribution is -2.26. The van der Waals surface area contributed by atoms with Crippen LogP contribution in [0.4, 0.5) is 0 Å². The minimum absolute atomic E-state index is 0.0580. The van der Waals surface area contributed by atoms with Crippen LogP contribution in [0.1, 0.15) is 177 Å². The first kappa shape index (κ1) is 27.7. The van der Waals surface area contributed by atoms with E-state index in [1.54, 1.807) is 22.3 Å². The van der Waals surface area contributed by atoms with Crippen LogP contribution in [-0.2, 0) is 5.41 Å². The fourth-order valence-electron chi connectivity index (χ4n) is 6.08. The van der Waals surface area contributed by atoms with E-state index in [4.69, 9.17) is 0 Å². The molecule has 2 rings (SSSR count). The van der Waals surface area contributed by atoms with Crippen LogP contribution in [-0.4, -0.2) is 0 Å². The maximum Gasteiger partial charge on any atom is 0.0152 e. The maximum atomic E-state index is 2.47. The Morgan fingerprint density at radius 1 is 0.394 bits per heavy atom. The average Bonchev–Trinajstić information content (AvgIpc) is 2.70. The zero-order chi connectivity index (χ0) is 25.4. The molecule has 184 valence electrons. The van der Waals surface area contributed by atoms with Gasteiger partial charge in [-0.25, -0.2) is 0 Å². The Hall–Kier alpha value is -1.56. The molecule has 0 spiro atoms. The maximum absolute atomic E-state index is 2.47. The number of benzene rings is 2. The Balaban J connectivity index is 2.98. The van der Waals surface area contributed by atoms with Crippen molar-refractivity contribution >= 4 is 0 Å². The average molecular weight is 449 g/mol. The Labute approximate surface area is 206 Å². The summed E-state index contributed by atoms with van der Waals surface area (Å²) in [6, 6.07) is 9.80. The molecule has 0 unspecified atom stereocenters. The molecule has 0 fully saturated rings. The molecule has 0 saturated heterocycles. The largest absolute Gasteiger partial charge is 0.0587 e. The molecule has 0 N–H and O–H groups in total. The fourth-order valence-corrected chi connectivity index (χ4v) is 6.08. The highest BCUT2D eigenvalue weighted by Crippen LogP contribution is 2.46. The van der Waals surface area contributed by atoms with Gasteiger partial charge in [-0.3, -0.25) is 0 Å². The third-order valence-electron chi connectivity index (χ3n) is 7.54. The van der Waals surface area contributed by atoms with Gasteiger partial charge in [0.25, 0.3) is 0 Å². The fraction of sp³-hybridized carbons (Fsp3) is 0.636. The van der Waals surface area contributed by atoms with Crippen LogP contribution < -0.4 is 0 Å². The smallest absolute Gasteiger partial charge is 0.0152 e. The van der Waals surface area contributed by atoms with E-state index in [2.05, 4.69) is 121 Å². The van der Waals surface area contributed by atoms with Gasteiger partial charge in [0, 0.05) is 5.41 Å². The van der Waals surface area contributed by atoms with Crippen molar-refractivity contribution in [3.8, 4) is 0 Å². The summed E-state index contributed by atoms with van der Waals surface area (Å²) in [5.74, 6) is 3.13. The molecule has 0 heteroatoms. The molecule has 0 aliphatic heterocycles. The summed E-state index contributed by atoms with van der Waals surface area (Å²) in [6.07, 6.45) is 0. The highest BCUT2D eigenvalue weighted by Gasteiger charge is 2.34. The van der Waals surface area contributed by atoms with Gasteiger partial charge in [-0.2, -0.15) is 0 Å². The predicted molar refractivity (Wildman–Crippen MR) is 150 cm³/mol. The molecule has 0 bridgehead atoms. The lowest BCUT2D eigenvalue weighted by Gasteiger charge is -2.37. The van der Waals surface area contributed by atoms with Crippen molar-refractivity contribution in [3.05, 3.63) is 68.8 Å². The molecule has 0 nitrogen and oxygen atoms in total. The summed E-state index contributed by atoms with van der Waals surface area (Å²) in [5.41, 5.74) is 12.3. The van der Waals surface area contributed by atoms with Crippen LogP contribution in [0.15, 0.2) is 24.3 Å². The Morgan fingerprint density at radius 3 is 0.879 bits per heavy atom. The molecule has 0 radical (unpaired) electrons. The van der Waals surface area contributed by atoms with Crippen molar-refractivity contribution in [2.24, 2.45) is 0 Å². The second-order valence-electron chi connectivity index (χ2n) is 12.6. The van der Waals surface area contributed by atoms with Crippen LogP contribution in [0.5, 0.6) is 0 Å². The van der Waals surface area contributed by atoms with Crippen molar-refractivity contribution in [1.29, 1.82) is 0 Å². The lowest BCUT2D eigenvalue weighted by molar-refractivity contribution is 0.595. The highest BCUT2D eigenvalue weighted by molar-refractivity contribution is 5.56. The van der Waals surface area contributed by atoms with Crippen LogP contribution >= 0.6 is 0 Å². The van der Waals surface area contributed by atoms with Gasteiger partial charge in [-0.1, -0.05) is 121 Å². The summed E-state index contributed by atoms with van der Waals surface area (Å²) < 4.78 is 0. The summed E-state index contributed by atoms with van der Waals surface area (Å²) >= 11 is 0. The van der Waals surface area contributed by atoms with Gasteiger partial charge in [-0.05, 0) is 80.0 Å². The van der Waals surface area contributed by atoms with Gasteiger partial charge in [0.1, 0.15) is 0 Å². The summed E-state index contributed by atoms with van der Waals surface area (Å²) in [4.78, 5) is 0. The first-order valence-corrected chi connectivity index (χ1v) is 13.5. The highest BCUT2D eigenvalue weighted by atomic mass is 14.4. The second kappa shape index (κ2) is 10.4. The van der Waals surface area contributed by atoms with E-state index in [1.165, 1.54) is 22.3 Å². The van der Waals surface area contributed by atoms with E-state index < -0.39 is 0 Å². The van der Waals surface area contributed by atoms with Gasteiger partial charge >= 0.3 is 0 Å². The van der Waals surface area contributed by atoms with Gasteiger partial charge in [0.2, 0.25) is 0 Å². The van der Waals surface area contributed by atoms with Gasteiger partial charge in [0.05, 0.1) is 0 Å². The summed E-state index contributed by atoms with van der Waals surface area (Å²) in [5, 5.41) is 0. The third kappa shape index (κ3) is 5.26. The van der Waals surface area contributed by atoms with E-state index >= 15 is 0 Å². The number of hydrogen-bond donors (Lipinski definition) is 0. The normalized spacial score (nSPS) is 13.0. The van der Waals surface area contributed by atoms with Gasteiger partial charge in [-0.15, -0.1) is 0 Å². The first-order valence-electron chi connectivity index (χ1n) is 13.5. The van der Waals surface area contributed by atoms with E-state index in [0.717, 1.165) is 0 Å². The van der Waals surface area contributed by atoms with Crippen LogP contribution in [0.3, 0.4) is 0 Å². The summed E-state index contributed by atoms with van der Waals surface area (Å²) in [7, 11) is 0. The molecule has 0 saturated carbocycles. The molecule has 0 heterocycles. The molecule has 0 aliphatic carbocycles. The van der Waals surface area contributed by atoms with Crippen LogP contribution in [0.25, 0.3) is 0 Å². The first-order chi connectivity index (χ1) is 15.1. The minimum atomic E-state index is -0.0580. The van der Waals surface area contributed by atoms with Gasteiger partial charge in [0.15, 0.2) is 0 Å². The minimum Gasteiger partial charge on any atom is -0.0587 e. The molecule has 2 aromatic carbocycles. The van der Waals surface area contributed by atoms with Crippen molar-refractivity contribution in [1.82, 2.24) is 0 Å². The zero-order valence-corrected chi connectivity index (χ0v) is 24.3. The molecule has 0 amide bonds. The Bertz CT molecular complexity index is 871. The quantitative estimate of drug-likeness (QED) is 0.376. The van der Waals surface area contributed by atoms with Crippen molar-refractivity contribution < 1.29 is 0 Å². The number of rotatable bonds is 8. The van der Waals surface area contributed by atoms with Crippen LogP contribution in [0.2, 0.25) is 0 Å². The van der Waals surface area contributed by atoms with E-state index in [1.807, 2.05) is 0 Å².